The number of carbonyl (C=O) groups excluding carboxylic acids is 1. The third kappa shape index (κ3) is 4.40. The van der Waals surface area contributed by atoms with E-state index in [0.29, 0.717) is 16.8 Å². The Labute approximate surface area is 136 Å². The van der Waals surface area contributed by atoms with Crippen LogP contribution in [0.5, 0.6) is 0 Å². The minimum absolute atomic E-state index is 0.0150. The lowest BCUT2D eigenvalue weighted by molar-refractivity contribution is -0.384. The molecule has 0 bridgehead atoms. The maximum Gasteiger partial charge on any atom is 0.269 e. The van der Waals surface area contributed by atoms with E-state index in [1.807, 2.05) is 6.07 Å². The van der Waals surface area contributed by atoms with Crippen LogP contribution in [0.15, 0.2) is 48.5 Å². The van der Waals surface area contributed by atoms with E-state index in [1.54, 1.807) is 18.2 Å². The molecule has 2 aromatic rings. The third-order valence-corrected chi connectivity index (χ3v) is 3.20. The Morgan fingerprint density at radius 1 is 1.26 bits per heavy atom. The van der Waals surface area contributed by atoms with Crippen LogP contribution in [-0.2, 0) is 4.79 Å². The predicted octanol–water partition coefficient (Wildman–Crippen LogP) is 3.77. The van der Waals surface area contributed by atoms with Gasteiger partial charge < -0.3 is 5.32 Å². The molecule has 2 aromatic carbocycles. The number of rotatable bonds is 4. The topological polar surface area (TPSA) is 96.0 Å². The van der Waals surface area contributed by atoms with Gasteiger partial charge in [-0.05, 0) is 42.0 Å². The lowest BCUT2D eigenvalue weighted by Gasteiger charge is -2.03. The molecule has 23 heavy (non-hydrogen) atoms. The van der Waals surface area contributed by atoms with Gasteiger partial charge in [0.05, 0.1) is 15.5 Å². The normalized spacial score (nSPS) is 10.3. The average molecular weight is 328 g/mol. The second kappa shape index (κ2) is 7.20. The number of nitrogens with zero attached hydrogens (tertiary/aromatic N) is 2. The number of hydrogen-bond acceptors (Lipinski definition) is 4. The average Bonchev–Trinajstić information content (AvgIpc) is 2.53. The first-order valence-electron chi connectivity index (χ1n) is 6.43. The quantitative estimate of drug-likeness (QED) is 0.525. The maximum absolute atomic E-state index is 11.8. The molecule has 0 heterocycles. The minimum atomic E-state index is -0.491. The molecule has 0 saturated heterocycles. The first kappa shape index (κ1) is 16.2. The van der Waals surface area contributed by atoms with Crippen LogP contribution in [0.4, 0.5) is 11.4 Å². The summed E-state index contributed by atoms with van der Waals surface area (Å²) in [6.45, 7) is 0. The number of nitrogens with one attached hydrogen (secondary N) is 1. The number of anilines is 1. The SMILES string of the molecule is N#Cc1ccc(NC(=O)C=Cc2ccc([N+](=O)[O-])cc2)cc1Cl. The maximum atomic E-state index is 11.8. The smallest absolute Gasteiger partial charge is 0.269 e. The molecule has 0 aromatic heterocycles. The van der Waals surface area contributed by atoms with Gasteiger partial charge in [0, 0.05) is 23.9 Å². The minimum Gasteiger partial charge on any atom is -0.322 e. The van der Waals surface area contributed by atoms with Crippen molar-refractivity contribution in [3.63, 3.8) is 0 Å². The van der Waals surface area contributed by atoms with E-state index in [1.165, 1.54) is 36.4 Å². The summed E-state index contributed by atoms with van der Waals surface area (Å²) in [5.41, 5.74) is 1.43. The number of amides is 1. The Hall–Kier alpha value is -3.17. The first-order valence-corrected chi connectivity index (χ1v) is 6.80. The van der Waals surface area contributed by atoms with Gasteiger partial charge in [-0.1, -0.05) is 11.6 Å². The van der Waals surface area contributed by atoms with Gasteiger partial charge in [-0.3, -0.25) is 14.9 Å². The molecule has 1 amide bonds. The number of nitriles is 1. The summed E-state index contributed by atoms with van der Waals surface area (Å²) in [6.07, 6.45) is 2.83. The fourth-order valence-electron chi connectivity index (χ4n) is 1.75. The molecule has 0 aliphatic carbocycles. The molecule has 6 nitrogen and oxygen atoms in total. The monoisotopic (exact) mass is 327 g/mol. The zero-order valence-electron chi connectivity index (χ0n) is 11.7. The third-order valence-electron chi connectivity index (χ3n) is 2.89. The van der Waals surface area contributed by atoms with Crippen molar-refractivity contribution in [1.82, 2.24) is 0 Å². The summed E-state index contributed by atoms with van der Waals surface area (Å²) in [5.74, 6) is -0.385. The standard InChI is InChI=1S/C16H10ClN3O3/c17-15-9-13(5-4-12(15)10-18)19-16(21)8-3-11-1-6-14(7-2-11)20(22)23/h1-9H,(H,19,21). The van der Waals surface area contributed by atoms with Crippen LogP contribution in [0.3, 0.4) is 0 Å². The molecular weight excluding hydrogens is 318 g/mol. The molecule has 0 radical (unpaired) electrons. The molecule has 7 heteroatoms. The van der Waals surface area contributed by atoms with Gasteiger partial charge in [-0.15, -0.1) is 0 Å². The molecule has 114 valence electrons. The molecule has 0 saturated carbocycles. The molecule has 0 atom stereocenters. The fourth-order valence-corrected chi connectivity index (χ4v) is 1.97. The fraction of sp³-hybridized carbons (Fsp3) is 0. The highest BCUT2D eigenvalue weighted by Crippen LogP contribution is 2.20. The van der Waals surface area contributed by atoms with Crippen LogP contribution in [-0.4, -0.2) is 10.8 Å². The molecule has 0 unspecified atom stereocenters. The van der Waals surface area contributed by atoms with Gasteiger partial charge in [0.1, 0.15) is 6.07 Å². The molecule has 0 aliphatic rings. The Morgan fingerprint density at radius 2 is 1.96 bits per heavy atom. The number of carbonyl (C=O) groups is 1. The highest BCUT2D eigenvalue weighted by molar-refractivity contribution is 6.32. The van der Waals surface area contributed by atoms with E-state index in [-0.39, 0.29) is 16.6 Å². The second-order valence-corrected chi connectivity index (χ2v) is 4.88. The summed E-state index contributed by atoms with van der Waals surface area (Å²) in [7, 11) is 0. The summed E-state index contributed by atoms with van der Waals surface area (Å²) in [4.78, 5) is 21.9. The highest BCUT2D eigenvalue weighted by atomic mass is 35.5. The lowest BCUT2D eigenvalue weighted by Crippen LogP contribution is -2.07. The Balaban J connectivity index is 2.03. The van der Waals surface area contributed by atoms with Gasteiger partial charge in [0.2, 0.25) is 5.91 Å². The molecule has 0 spiro atoms. The van der Waals surface area contributed by atoms with Crippen molar-refractivity contribution in [2.75, 3.05) is 5.32 Å². The number of benzene rings is 2. The second-order valence-electron chi connectivity index (χ2n) is 4.48. The van der Waals surface area contributed by atoms with Gasteiger partial charge in [0.25, 0.3) is 5.69 Å². The number of non-ortho nitro benzene ring substituents is 1. The summed E-state index contributed by atoms with van der Waals surface area (Å²) in [6, 6.07) is 12.3. The van der Waals surface area contributed by atoms with E-state index < -0.39 is 4.92 Å². The van der Waals surface area contributed by atoms with Crippen molar-refractivity contribution < 1.29 is 9.72 Å². The van der Waals surface area contributed by atoms with E-state index in [4.69, 9.17) is 16.9 Å². The van der Waals surface area contributed by atoms with Crippen LogP contribution >= 0.6 is 11.6 Å². The molecule has 0 fully saturated rings. The Morgan fingerprint density at radius 3 is 2.52 bits per heavy atom. The molecule has 2 rings (SSSR count). The van der Waals surface area contributed by atoms with Crippen molar-refractivity contribution in [1.29, 1.82) is 5.26 Å². The van der Waals surface area contributed by atoms with Crippen molar-refractivity contribution in [2.45, 2.75) is 0 Å². The number of nitro benzene ring substituents is 1. The van der Waals surface area contributed by atoms with Crippen molar-refractivity contribution in [2.24, 2.45) is 0 Å². The van der Waals surface area contributed by atoms with Gasteiger partial charge in [0.15, 0.2) is 0 Å². The molecular formula is C16H10ClN3O3. The van der Waals surface area contributed by atoms with E-state index in [2.05, 4.69) is 5.32 Å². The van der Waals surface area contributed by atoms with Crippen LogP contribution in [0.2, 0.25) is 5.02 Å². The van der Waals surface area contributed by atoms with Crippen molar-refractivity contribution in [3.05, 3.63) is 74.8 Å². The van der Waals surface area contributed by atoms with E-state index >= 15 is 0 Å². The van der Waals surface area contributed by atoms with Gasteiger partial charge in [-0.2, -0.15) is 5.26 Å². The number of hydrogen-bond donors (Lipinski definition) is 1. The molecule has 0 aliphatic heterocycles. The zero-order chi connectivity index (χ0) is 16.8. The van der Waals surface area contributed by atoms with Crippen LogP contribution in [0.1, 0.15) is 11.1 Å². The summed E-state index contributed by atoms with van der Waals surface area (Å²) in [5, 5.41) is 22.2. The predicted molar refractivity (Wildman–Crippen MR) is 86.9 cm³/mol. The van der Waals surface area contributed by atoms with E-state index in [0.717, 1.165) is 0 Å². The number of nitro groups is 1. The summed E-state index contributed by atoms with van der Waals surface area (Å²) < 4.78 is 0. The van der Waals surface area contributed by atoms with Crippen molar-refractivity contribution >= 4 is 35.0 Å². The highest BCUT2D eigenvalue weighted by Gasteiger charge is 2.04. The zero-order valence-corrected chi connectivity index (χ0v) is 12.4. The largest absolute Gasteiger partial charge is 0.322 e. The van der Waals surface area contributed by atoms with Crippen LogP contribution < -0.4 is 5.32 Å². The summed E-state index contributed by atoms with van der Waals surface area (Å²) >= 11 is 5.88. The van der Waals surface area contributed by atoms with Crippen molar-refractivity contribution in [3.8, 4) is 6.07 Å². The van der Waals surface area contributed by atoms with Crippen LogP contribution in [0, 0.1) is 21.4 Å². The Kier molecular flexibility index (Phi) is 5.07. The van der Waals surface area contributed by atoms with Gasteiger partial charge in [-0.25, -0.2) is 0 Å². The lowest BCUT2D eigenvalue weighted by atomic mass is 10.2. The number of halogens is 1. The van der Waals surface area contributed by atoms with Crippen LogP contribution in [0.25, 0.3) is 6.08 Å². The first-order chi connectivity index (χ1) is 11.0. The molecule has 1 N–H and O–H groups in total. The Bertz CT molecular complexity index is 823. The van der Waals surface area contributed by atoms with E-state index in [9.17, 15) is 14.9 Å². The van der Waals surface area contributed by atoms with Gasteiger partial charge >= 0.3 is 0 Å².